The van der Waals surface area contributed by atoms with E-state index in [2.05, 4.69) is 5.32 Å². The lowest BCUT2D eigenvalue weighted by Gasteiger charge is -2.14. The van der Waals surface area contributed by atoms with Gasteiger partial charge in [0.1, 0.15) is 5.82 Å². The van der Waals surface area contributed by atoms with Crippen molar-refractivity contribution in [2.45, 2.75) is 12.8 Å². The highest BCUT2D eigenvalue weighted by atomic mass is 35.5. The van der Waals surface area contributed by atoms with Gasteiger partial charge in [-0.2, -0.15) is 0 Å². The summed E-state index contributed by atoms with van der Waals surface area (Å²) in [5, 5.41) is 11.5. The molecule has 1 unspecified atom stereocenters. The first-order chi connectivity index (χ1) is 9.54. The minimum atomic E-state index is -0.781. The Bertz CT molecular complexity index is 513. The summed E-state index contributed by atoms with van der Waals surface area (Å²) in [5.41, 5.74) is 0.430. The highest BCUT2D eigenvalue weighted by Crippen LogP contribution is 2.16. The molecule has 1 fully saturated rings. The average molecular weight is 317 g/mol. The number of rotatable bonds is 5. The molecule has 1 aliphatic rings. The van der Waals surface area contributed by atoms with Crippen LogP contribution >= 0.6 is 12.4 Å². The van der Waals surface area contributed by atoms with Crippen molar-refractivity contribution >= 4 is 30.0 Å². The molecule has 1 amide bonds. The molecule has 0 spiro atoms. The number of carbonyl (C=O) groups is 2. The first-order valence-corrected chi connectivity index (χ1v) is 6.55. The molecule has 1 aromatic rings. The maximum absolute atomic E-state index is 13.0. The summed E-state index contributed by atoms with van der Waals surface area (Å²) in [6, 6.07) is 5.72. The Morgan fingerprint density at radius 3 is 2.81 bits per heavy atom. The van der Waals surface area contributed by atoms with E-state index in [4.69, 9.17) is 5.11 Å². The van der Waals surface area contributed by atoms with Crippen LogP contribution in [0.15, 0.2) is 24.3 Å². The Morgan fingerprint density at radius 1 is 1.43 bits per heavy atom. The molecule has 0 aromatic heterocycles. The number of likely N-dealkylation sites (tertiary alicyclic amines) is 1. The topological polar surface area (TPSA) is 69.6 Å². The summed E-state index contributed by atoms with van der Waals surface area (Å²) < 4.78 is 13.0. The smallest absolute Gasteiger partial charge is 0.307 e. The van der Waals surface area contributed by atoms with Crippen molar-refractivity contribution in [3.63, 3.8) is 0 Å². The van der Waals surface area contributed by atoms with E-state index in [0.29, 0.717) is 31.7 Å². The number of amides is 1. The SMILES string of the molecule is Cl.O=C(CCN1CCC(C(=O)O)C1)Nc1cccc(F)c1. The van der Waals surface area contributed by atoms with Crippen molar-refractivity contribution in [1.82, 2.24) is 4.90 Å². The summed E-state index contributed by atoms with van der Waals surface area (Å²) in [4.78, 5) is 24.5. The van der Waals surface area contributed by atoms with Crippen molar-refractivity contribution in [3.05, 3.63) is 30.1 Å². The molecule has 7 heteroatoms. The predicted octanol–water partition coefficient (Wildman–Crippen LogP) is 1.98. The molecule has 116 valence electrons. The molecule has 1 heterocycles. The van der Waals surface area contributed by atoms with Gasteiger partial charge < -0.3 is 15.3 Å². The zero-order valence-corrected chi connectivity index (χ0v) is 12.2. The summed E-state index contributed by atoms with van der Waals surface area (Å²) in [7, 11) is 0. The van der Waals surface area contributed by atoms with Gasteiger partial charge in [0, 0.05) is 25.2 Å². The third kappa shape index (κ3) is 5.32. The highest BCUT2D eigenvalue weighted by Gasteiger charge is 2.27. The third-order valence-electron chi connectivity index (χ3n) is 3.39. The van der Waals surface area contributed by atoms with Crippen LogP contribution in [0.1, 0.15) is 12.8 Å². The van der Waals surface area contributed by atoms with Crippen molar-refractivity contribution in [2.75, 3.05) is 25.0 Å². The van der Waals surface area contributed by atoms with Crippen molar-refractivity contribution in [1.29, 1.82) is 0 Å². The third-order valence-corrected chi connectivity index (χ3v) is 3.39. The van der Waals surface area contributed by atoms with Crippen LogP contribution < -0.4 is 5.32 Å². The lowest BCUT2D eigenvalue weighted by Crippen LogP contribution is -2.27. The van der Waals surface area contributed by atoms with Gasteiger partial charge in [0.2, 0.25) is 5.91 Å². The molecule has 0 bridgehead atoms. The number of aliphatic carboxylic acids is 1. The molecule has 1 aromatic carbocycles. The summed E-state index contributed by atoms with van der Waals surface area (Å²) in [5.74, 6) is -1.71. The number of halogens is 2. The second-order valence-electron chi connectivity index (χ2n) is 4.93. The zero-order valence-electron chi connectivity index (χ0n) is 11.4. The second-order valence-corrected chi connectivity index (χ2v) is 4.93. The molecular weight excluding hydrogens is 299 g/mol. The van der Waals surface area contributed by atoms with Crippen LogP contribution in [0, 0.1) is 11.7 Å². The molecule has 2 rings (SSSR count). The summed E-state index contributed by atoms with van der Waals surface area (Å²) in [6.45, 7) is 1.71. The molecule has 2 N–H and O–H groups in total. The number of nitrogens with one attached hydrogen (secondary N) is 1. The standard InChI is InChI=1S/C14H17FN2O3.ClH/c15-11-2-1-3-12(8-11)16-13(18)5-7-17-6-4-10(9-17)14(19)20;/h1-3,8,10H,4-7,9H2,(H,16,18)(H,19,20);1H. The number of nitrogens with zero attached hydrogens (tertiary/aromatic N) is 1. The monoisotopic (exact) mass is 316 g/mol. The number of hydrogen-bond acceptors (Lipinski definition) is 3. The largest absolute Gasteiger partial charge is 0.481 e. The molecular formula is C14H18ClFN2O3. The van der Waals surface area contributed by atoms with Gasteiger partial charge in [-0.3, -0.25) is 9.59 Å². The van der Waals surface area contributed by atoms with Gasteiger partial charge in [0.05, 0.1) is 5.92 Å². The van der Waals surface area contributed by atoms with Gasteiger partial charge >= 0.3 is 5.97 Å². The Kier molecular flexibility index (Phi) is 6.58. The molecule has 1 aliphatic heterocycles. The number of carboxylic acid groups (broad SMARTS) is 1. The van der Waals surface area contributed by atoms with E-state index in [0.717, 1.165) is 0 Å². The van der Waals surface area contributed by atoms with Crippen LogP contribution in [0.4, 0.5) is 10.1 Å². The van der Waals surface area contributed by atoms with Gasteiger partial charge in [-0.1, -0.05) is 6.07 Å². The molecule has 21 heavy (non-hydrogen) atoms. The minimum absolute atomic E-state index is 0. The van der Waals surface area contributed by atoms with Gasteiger partial charge in [0.25, 0.3) is 0 Å². The first-order valence-electron chi connectivity index (χ1n) is 6.55. The molecule has 0 saturated carbocycles. The molecule has 0 aliphatic carbocycles. The first kappa shape index (κ1) is 17.4. The van der Waals surface area contributed by atoms with Crippen LogP contribution in [0.25, 0.3) is 0 Å². The summed E-state index contributed by atoms with van der Waals surface area (Å²) >= 11 is 0. The van der Waals surface area contributed by atoms with Gasteiger partial charge in [0.15, 0.2) is 0 Å². The lowest BCUT2D eigenvalue weighted by atomic mass is 10.1. The van der Waals surface area contributed by atoms with Crippen molar-refractivity contribution in [3.8, 4) is 0 Å². The summed E-state index contributed by atoms with van der Waals surface area (Å²) in [6.07, 6.45) is 0.893. The molecule has 0 radical (unpaired) electrons. The molecule has 1 atom stereocenters. The fraction of sp³-hybridized carbons (Fsp3) is 0.429. The average Bonchev–Trinajstić information content (AvgIpc) is 2.85. The lowest BCUT2D eigenvalue weighted by molar-refractivity contribution is -0.141. The number of benzene rings is 1. The highest BCUT2D eigenvalue weighted by molar-refractivity contribution is 5.90. The van der Waals surface area contributed by atoms with E-state index in [1.807, 2.05) is 4.90 Å². The van der Waals surface area contributed by atoms with Crippen LogP contribution in [0.5, 0.6) is 0 Å². The van der Waals surface area contributed by atoms with Crippen molar-refractivity contribution in [2.24, 2.45) is 5.92 Å². The minimum Gasteiger partial charge on any atom is -0.481 e. The van der Waals surface area contributed by atoms with Gasteiger partial charge in [-0.25, -0.2) is 4.39 Å². The Morgan fingerprint density at radius 2 is 2.19 bits per heavy atom. The quantitative estimate of drug-likeness (QED) is 0.871. The van der Waals surface area contributed by atoms with Crippen molar-refractivity contribution < 1.29 is 19.1 Å². The van der Waals surface area contributed by atoms with Crippen LogP contribution in [0.2, 0.25) is 0 Å². The molecule has 5 nitrogen and oxygen atoms in total. The second kappa shape index (κ2) is 7.95. The van der Waals surface area contributed by atoms with Gasteiger partial charge in [-0.15, -0.1) is 12.4 Å². The molecule has 1 saturated heterocycles. The Labute approximate surface area is 128 Å². The number of carboxylic acids is 1. The zero-order chi connectivity index (χ0) is 14.5. The maximum atomic E-state index is 13.0. The fourth-order valence-electron chi connectivity index (χ4n) is 2.29. The predicted molar refractivity (Wildman–Crippen MR) is 79.1 cm³/mol. The maximum Gasteiger partial charge on any atom is 0.307 e. The van der Waals surface area contributed by atoms with E-state index in [9.17, 15) is 14.0 Å². The number of hydrogen-bond donors (Lipinski definition) is 2. The van der Waals surface area contributed by atoms with E-state index >= 15 is 0 Å². The number of carbonyl (C=O) groups excluding carboxylic acids is 1. The Hall–Kier alpha value is -1.66. The number of anilines is 1. The normalized spacial score (nSPS) is 18.0. The van der Waals surface area contributed by atoms with E-state index in [1.165, 1.54) is 18.2 Å². The van der Waals surface area contributed by atoms with Gasteiger partial charge in [-0.05, 0) is 31.2 Å². The van der Waals surface area contributed by atoms with Crippen LogP contribution in [-0.4, -0.2) is 41.5 Å². The van der Waals surface area contributed by atoms with E-state index in [1.54, 1.807) is 6.07 Å². The Balaban J connectivity index is 0.00000220. The fourth-order valence-corrected chi connectivity index (χ4v) is 2.29. The van der Waals surface area contributed by atoms with Crippen LogP contribution in [0.3, 0.4) is 0 Å². The van der Waals surface area contributed by atoms with E-state index < -0.39 is 11.8 Å². The van der Waals surface area contributed by atoms with E-state index in [-0.39, 0.29) is 30.7 Å². The van der Waals surface area contributed by atoms with Crippen LogP contribution in [-0.2, 0) is 9.59 Å².